The third-order valence-electron chi connectivity index (χ3n) is 10.6. The van der Waals surface area contributed by atoms with Gasteiger partial charge in [0.25, 0.3) is 0 Å². The second-order valence-corrected chi connectivity index (χ2v) is 26.6. The van der Waals surface area contributed by atoms with Gasteiger partial charge in [0.05, 0.1) is 28.0 Å². The molecule has 0 spiro atoms. The van der Waals surface area contributed by atoms with Gasteiger partial charge in [-0.2, -0.15) is 23.5 Å². The number of ketones is 2. The predicted molar refractivity (Wildman–Crippen MR) is 347 cm³/mol. The first kappa shape index (κ1) is 84.4. The van der Waals surface area contributed by atoms with Crippen LogP contribution in [0.25, 0.3) is 0 Å². The second-order valence-electron chi connectivity index (χ2n) is 17.3. The molecule has 0 radical (unpaired) electrons. The van der Waals surface area contributed by atoms with Crippen molar-refractivity contribution in [3.63, 3.8) is 0 Å². The number of allylic oxidation sites excluding steroid dienone is 1. The van der Waals surface area contributed by atoms with Gasteiger partial charge in [-0.25, -0.2) is 0 Å². The van der Waals surface area contributed by atoms with Gasteiger partial charge in [0.2, 0.25) is 0 Å². The number of aliphatic hydroxyl groups excluding tert-OH is 1. The fourth-order valence-corrected chi connectivity index (χ4v) is 15.3. The van der Waals surface area contributed by atoms with Crippen LogP contribution in [0.15, 0.2) is 33.0 Å². The van der Waals surface area contributed by atoms with E-state index in [4.69, 9.17) is 57.2 Å². The van der Waals surface area contributed by atoms with Crippen LogP contribution in [0.1, 0.15) is 104 Å². The molecule has 14 nitrogen and oxygen atoms in total. The average Bonchev–Trinajstić information content (AvgIpc) is 3.45. The van der Waals surface area contributed by atoms with E-state index >= 15 is 0 Å². The summed E-state index contributed by atoms with van der Waals surface area (Å²) in [6.07, 6.45) is 17.2. The molecule has 3 heterocycles. The standard InChI is InChI=1S/C10H20O3.C10H18O3.C10H20O2S2.C8H15IO2.C7H14O3.C7H14OS2.C4H8S2/c2*1-9(11)8-10(4-6-12-2)5-7-13-3;1-11-6-4-10(5-7-12-2)13-8-3-9-14-10;1-10-5-3-8(7-9)4-6-11-2;1-9-5-3-7(8)4-6-10-2;1-8-4-3-7-9-5-2-6-10-7;1-2-5-4-6-3-1/h8-9,11H,4-7H2,1-3H3;8H,4-7H2,1-3H3;3-9H2,1-2H3;7H,3-6H2,1-2H3;3-6H2,1-2H3;7H,2-6H2,1H3;1-4H2. The van der Waals surface area contributed by atoms with Crippen LogP contribution >= 0.6 is 93.2 Å². The zero-order chi connectivity index (χ0) is 58.3. The van der Waals surface area contributed by atoms with Crippen LogP contribution in [0.2, 0.25) is 0 Å². The highest BCUT2D eigenvalue weighted by atomic mass is 127. The maximum Gasteiger partial charge on any atom is 0.152 e. The topological polar surface area (TPSA) is 156 Å². The molecule has 0 aromatic rings. The first-order valence-corrected chi connectivity index (χ1v) is 34.4. The van der Waals surface area contributed by atoms with Crippen LogP contribution in [0.4, 0.5) is 0 Å². The fourth-order valence-electron chi connectivity index (χ4n) is 6.28. The Kier molecular flexibility index (Phi) is 76.0. The van der Waals surface area contributed by atoms with Crippen LogP contribution in [0.3, 0.4) is 0 Å². The number of thioether (sulfide) groups is 6. The Balaban J connectivity index is -0.000000408. The highest BCUT2D eigenvalue weighted by Crippen LogP contribution is 2.47. The van der Waals surface area contributed by atoms with Gasteiger partial charge in [-0.3, -0.25) is 9.59 Å². The first-order chi connectivity index (χ1) is 37.3. The SMILES string of the molecule is C1CSCSC1.COCCC(=CC(C)=O)CCOC.COCCC(=CC(C)O)CCOC.COCCC(=CI)CCOC.COCCC(=O)CCOC.COCCC1(CCOC)SCCCS1.COCCC1SCCCS1. The van der Waals surface area contributed by atoms with Crippen molar-refractivity contribution in [3.8, 4) is 0 Å². The van der Waals surface area contributed by atoms with Gasteiger partial charge >= 0.3 is 0 Å². The normalized spacial score (nSPS) is 14.9. The van der Waals surface area contributed by atoms with Crippen LogP contribution in [0, 0.1) is 0 Å². The van der Waals surface area contributed by atoms with Crippen molar-refractivity contribution in [3.05, 3.63) is 33.0 Å². The van der Waals surface area contributed by atoms with Crippen molar-refractivity contribution in [2.45, 2.75) is 119 Å². The molecule has 0 aliphatic carbocycles. The summed E-state index contributed by atoms with van der Waals surface area (Å²) < 4.78 is 57.9. The molecule has 0 aromatic carbocycles. The molecule has 3 aliphatic heterocycles. The van der Waals surface area contributed by atoms with Gasteiger partial charge in [-0.1, -0.05) is 45.4 Å². The number of hydrogen-bond donors (Lipinski definition) is 1. The smallest absolute Gasteiger partial charge is 0.152 e. The number of ether oxygens (including phenoxy) is 11. The van der Waals surface area contributed by atoms with E-state index in [-0.39, 0.29) is 17.7 Å². The maximum atomic E-state index is 10.8. The molecular weight excluding hydrogens is 1220 g/mol. The van der Waals surface area contributed by atoms with E-state index in [1.807, 2.05) is 6.08 Å². The molecule has 1 atom stereocenters. The Morgan fingerprint density at radius 1 is 0.506 bits per heavy atom. The first-order valence-electron chi connectivity index (χ1n) is 26.7. The molecule has 1 N–H and O–H groups in total. The van der Waals surface area contributed by atoms with E-state index in [0.29, 0.717) is 56.6 Å². The molecule has 3 fully saturated rings. The van der Waals surface area contributed by atoms with Gasteiger partial charge in [-0.05, 0) is 136 Å². The number of halogens is 1. The van der Waals surface area contributed by atoms with Crippen LogP contribution in [-0.4, -0.2) is 222 Å². The lowest BCUT2D eigenvalue weighted by atomic mass is 10.1. The fraction of sp³-hybridized carbons (Fsp3) is 0.857. The minimum absolute atomic E-state index is 0.0854. The molecule has 0 aromatic heterocycles. The summed E-state index contributed by atoms with van der Waals surface area (Å²) in [5, 5.41) is 10.5. The highest BCUT2D eigenvalue weighted by molar-refractivity contribution is 14.1. The summed E-state index contributed by atoms with van der Waals surface area (Å²) in [5.74, 6) is 8.36. The molecule has 21 heteroatoms. The second kappa shape index (κ2) is 69.4. The number of rotatable bonds is 35. The van der Waals surface area contributed by atoms with E-state index in [0.717, 1.165) is 94.6 Å². The zero-order valence-electron chi connectivity index (χ0n) is 50.1. The zero-order valence-corrected chi connectivity index (χ0v) is 57.2. The Labute approximate surface area is 509 Å². The summed E-state index contributed by atoms with van der Waals surface area (Å²) >= 11 is 14.7. The largest absolute Gasteiger partial charge is 0.389 e. The molecule has 3 aliphatic rings. The third kappa shape index (κ3) is 65.9. The lowest BCUT2D eigenvalue weighted by Crippen LogP contribution is -2.28. The number of Topliss-reactive ketones (excluding diaryl/α,β-unsaturated/α-hetero) is 1. The van der Waals surface area contributed by atoms with E-state index in [1.165, 1.54) is 76.4 Å². The third-order valence-corrected chi connectivity index (χ3v) is 20.6. The van der Waals surface area contributed by atoms with Crippen molar-refractivity contribution < 1.29 is 66.8 Å². The minimum Gasteiger partial charge on any atom is -0.389 e. The number of hydrogen-bond acceptors (Lipinski definition) is 20. The quantitative estimate of drug-likeness (QED) is 0.0363. The van der Waals surface area contributed by atoms with Gasteiger partial charge in [-0.15, -0.1) is 47.0 Å². The summed E-state index contributed by atoms with van der Waals surface area (Å²) in [4.78, 5) is 21.6. The van der Waals surface area contributed by atoms with E-state index in [1.54, 1.807) is 98.1 Å². The Hall–Kier alpha value is 0.910. The van der Waals surface area contributed by atoms with Gasteiger partial charge in [0, 0.05) is 156 Å². The molecule has 0 amide bonds. The molecular formula is C56H109IO14S6. The summed E-state index contributed by atoms with van der Waals surface area (Å²) in [5.41, 5.74) is 3.68. The number of carbonyl (C=O) groups excluding carboxylic acids is 2. The molecule has 77 heavy (non-hydrogen) atoms. The van der Waals surface area contributed by atoms with Crippen molar-refractivity contribution in [1.82, 2.24) is 0 Å². The Bertz CT molecular complexity index is 1260. The average molecular weight is 1330 g/mol. The van der Waals surface area contributed by atoms with Crippen molar-refractivity contribution in [2.75, 3.05) is 190 Å². The number of methoxy groups -OCH3 is 11. The maximum absolute atomic E-state index is 10.8. The minimum atomic E-state index is -0.385. The molecule has 460 valence electrons. The highest BCUT2D eigenvalue weighted by Gasteiger charge is 2.32. The molecule has 0 bridgehead atoms. The Morgan fingerprint density at radius 3 is 1.18 bits per heavy atom. The summed E-state index contributed by atoms with van der Waals surface area (Å²) in [6.45, 7) is 11.3. The molecule has 0 saturated carbocycles. The van der Waals surface area contributed by atoms with Crippen molar-refractivity contribution >= 4 is 105 Å². The van der Waals surface area contributed by atoms with E-state index in [2.05, 4.69) is 97.2 Å². The Morgan fingerprint density at radius 2 is 0.857 bits per heavy atom. The summed E-state index contributed by atoms with van der Waals surface area (Å²) in [7, 11) is 18.6. The number of aliphatic hydroxyl groups is 1. The lowest BCUT2D eigenvalue weighted by molar-refractivity contribution is -0.120. The van der Waals surface area contributed by atoms with E-state index in [9.17, 15) is 9.59 Å². The van der Waals surface area contributed by atoms with Gasteiger partial charge in [0.15, 0.2) is 5.78 Å². The summed E-state index contributed by atoms with van der Waals surface area (Å²) in [6, 6.07) is 0. The van der Waals surface area contributed by atoms with Crippen LogP contribution < -0.4 is 0 Å². The molecule has 3 rings (SSSR count). The number of carbonyl (C=O) groups is 2. The van der Waals surface area contributed by atoms with E-state index < -0.39 is 0 Å². The monoisotopic (exact) mass is 1320 g/mol. The van der Waals surface area contributed by atoms with Gasteiger partial charge < -0.3 is 57.2 Å². The van der Waals surface area contributed by atoms with Crippen LogP contribution in [-0.2, 0) is 61.7 Å². The molecule has 3 saturated heterocycles. The lowest BCUT2D eigenvalue weighted by Gasteiger charge is -2.35. The van der Waals surface area contributed by atoms with Gasteiger partial charge in [0.1, 0.15) is 5.78 Å². The predicted octanol–water partition coefficient (Wildman–Crippen LogP) is 12.6. The molecule has 1 unspecified atom stereocenters. The van der Waals surface area contributed by atoms with Crippen molar-refractivity contribution in [1.29, 1.82) is 0 Å². The van der Waals surface area contributed by atoms with Crippen LogP contribution in [0.5, 0.6) is 0 Å². The van der Waals surface area contributed by atoms with Crippen molar-refractivity contribution in [2.24, 2.45) is 0 Å².